The van der Waals surface area contributed by atoms with E-state index in [4.69, 9.17) is 4.74 Å². The molecule has 1 amide bonds. The number of pyridine rings is 1. The van der Waals surface area contributed by atoms with Crippen molar-refractivity contribution >= 4 is 16.8 Å². The molecule has 5 nitrogen and oxygen atoms in total. The van der Waals surface area contributed by atoms with E-state index in [9.17, 15) is 9.90 Å². The highest BCUT2D eigenvalue weighted by Crippen LogP contribution is 2.23. The van der Waals surface area contributed by atoms with Crippen LogP contribution >= 0.6 is 0 Å². The second kappa shape index (κ2) is 6.02. The number of para-hydroxylation sites is 1. The maximum Gasteiger partial charge on any atom is 0.254 e. The van der Waals surface area contributed by atoms with Crippen molar-refractivity contribution in [2.75, 3.05) is 26.3 Å². The summed E-state index contributed by atoms with van der Waals surface area (Å²) >= 11 is 0. The first-order valence-electron chi connectivity index (χ1n) is 7.48. The number of hydrogen-bond acceptors (Lipinski definition) is 4. The Morgan fingerprint density at radius 1 is 1.41 bits per heavy atom. The molecule has 1 N–H and O–H groups in total. The smallest absolute Gasteiger partial charge is 0.254 e. The number of hydrogen-bond donors (Lipinski definition) is 1. The fourth-order valence-corrected chi connectivity index (χ4v) is 2.84. The third kappa shape index (κ3) is 2.82. The summed E-state index contributed by atoms with van der Waals surface area (Å²) in [5, 5.41) is 10.7. The van der Waals surface area contributed by atoms with Crippen molar-refractivity contribution in [1.29, 1.82) is 0 Å². The van der Waals surface area contributed by atoms with Crippen molar-refractivity contribution in [2.24, 2.45) is 0 Å². The van der Waals surface area contributed by atoms with E-state index >= 15 is 0 Å². The standard InChI is InChI=1S/C17H20N2O3/c1-11-4-3-5-14-15(8-12(2)18-16(11)14)17(21)19-6-7-22-10-13(20)9-19/h3-5,8,13,20H,6-7,9-10H2,1-2H3. The predicted molar refractivity (Wildman–Crippen MR) is 83.9 cm³/mol. The Morgan fingerprint density at radius 2 is 2.23 bits per heavy atom. The van der Waals surface area contributed by atoms with Gasteiger partial charge in [0.25, 0.3) is 5.91 Å². The number of benzene rings is 1. The average molecular weight is 300 g/mol. The third-order valence-corrected chi connectivity index (χ3v) is 3.93. The number of aryl methyl sites for hydroxylation is 2. The van der Waals surface area contributed by atoms with Crippen LogP contribution in [0.3, 0.4) is 0 Å². The quantitative estimate of drug-likeness (QED) is 0.870. The Labute approximate surface area is 129 Å². The largest absolute Gasteiger partial charge is 0.389 e. The Balaban J connectivity index is 2.05. The van der Waals surface area contributed by atoms with Crippen molar-refractivity contribution in [1.82, 2.24) is 9.88 Å². The molecule has 2 aromatic rings. The molecule has 1 atom stereocenters. The summed E-state index contributed by atoms with van der Waals surface area (Å²) in [5.41, 5.74) is 3.36. The van der Waals surface area contributed by atoms with E-state index in [1.165, 1.54) is 0 Å². The maximum atomic E-state index is 12.9. The molecular weight excluding hydrogens is 280 g/mol. The van der Waals surface area contributed by atoms with Crippen LogP contribution in [0.15, 0.2) is 24.3 Å². The Kier molecular flexibility index (Phi) is 4.09. The second-order valence-corrected chi connectivity index (χ2v) is 5.76. The molecule has 1 aliphatic rings. The molecule has 1 saturated heterocycles. The van der Waals surface area contributed by atoms with Crippen molar-refractivity contribution in [3.8, 4) is 0 Å². The molecule has 116 valence electrons. The lowest BCUT2D eigenvalue weighted by Gasteiger charge is -2.22. The van der Waals surface area contributed by atoms with Crippen molar-refractivity contribution in [2.45, 2.75) is 20.0 Å². The summed E-state index contributed by atoms with van der Waals surface area (Å²) in [6.45, 7) is 5.40. The van der Waals surface area contributed by atoms with Gasteiger partial charge in [-0.3, -0.25) is 9.78 Å². The third-order valence-electron chi connectivity index (χ3n) is 3.93. The molecule has 0 bridgehead atoms. The van der Waals surface area contributed by atoms with E-state index < -0.39 is 6.10 Å². The zero-order chi connectivity index (χ0) is 15.7. The van der Waals surface area contributed by atoms with E-state index in [1.807, 2.05) is 38.1 Å². The molecule has 0 aliphatic carbocycles. The van der Waals surface area contributed by atoms with Gasteiger partial charge >= 0.3 is 0 Å². The number of carbonyl (C=O) groups is 1. The van der Waals surface area contributed by atoms with Gasteiger partial charge < -0.3 is 14.7 Å². The van der Waals surface area contributed by atoms with Crippen LogP contribution in [0.5, 0.6) is 0 Å². The number of β-amino-alcohol motifs (C(OH)–C–C–N with tert-alkyl or cyclic N) is 1. The van der Waals surface area contributed by atoms with Crippen LogP contribution in [-0.2, 0) is 4.74 Å². The van der Waals surface area contributed by atoms with Gasteiger partial charge in [-0.25, -0.2) is 0 Å². The molecule has 1 aromatic heterocycles. The molecule has 0 saturated carbocycles. The molecular formula is C17H20N2O3. The van der Waals surface area contributed by atoms with Crippen LogP contribution < -0.4 is 0 Å². The van der Waals surface area contributed by atoms with Crippen molar-refractivity contribution in [3.63, 3.8) is 0 Å². The number of aromatic nitrogens is 1. The van der Waals surface area contributed by atoms with Crippen LogP contribution in [0.1, 0.15) is 21.6 Å². The van der Waals surface area contributed by atoms with Gasteiger partial charge in [-0.1, -0.05) is 18.2 Å². The van der Waals surface area contributed by atoms with Gasteiger partial charge in [-0.15, -0.1) is 0 Å². The fourth-order valence-electron chi connectivity index (χ4n) is 2.84. The van der Waals surface area contributed by atoms with Crippen LogP contribution in [-0.4, -0.2) is 53.3 Å². The molecule has 5 heteroatoms. The Bertz CT molecular complexity index is 714. The molecule has 22 heavy (non-hydrogen) atoms. The summed E-state index contributed by atoms with van der Waals surface area (Å²) in [5.74, 6) is -0.0781. The van der Waals surface area contributed by atoms with Crippen molar-refractivity contribution in [3.05, 3.63) is 41.1 Å². The summed E-state index contributed by atoms with van der Waals surface area (Å²) in [4.78, 5) is 19.1. The van der Waals surface area contributed by atoms with Crippen molar-refractivity contribution < 1.29 is 14.6 Å². The predicted octanol–water partition coefficient (Wildman–Crippen LogP) is 1.68. The lowest BCUT2D eigenvalue weighted by atomic mass is 10.0. The highest BCUT2D eigenvalue weighted by atomic mass is 16.5. The molecule has 1 fully saturated rings. The molecule has 0 radical (unpaired) electrons. The molecule has 1 aliphatic heterocycles. The minimum atomic E-state index is -0.637. The first-order chi connectivity index (χ1) is 10.6. The molecule has 1 aromatic carbocycles. The number of fused-ring (bicyclic) bond motifs is 1. The molecule has 2 heterocycles. The van der Waals surface area contributed by atoms with Crippen LogP contribution in [0.4, 0.5) is 0 Å². The SMILES string of the molecule is Cc1cc(C(=O)N2CCOCC(O)C2)c2cccc(C)c2n1. The van der Waals surface area contributed by atoms with Gasteiger partial charge in [0.15, 0.2) is 0 Å². The number of aliphatic hydroxyl groups is 1. The summed E-state index contributed by atoms with van der Waals surface area (Å²) in [7, 11) is 0. The molecule has 1 unspecified atom stereocenters. The highest BCUT2D eigenvalue weighted by Gasteiger charge is 2.24. The van der Waals surface area contributed by atoms with Gasteiger partial charge in [-0.2, -0.15) is 0 Å². The number of ether oxygens (including phenoxy) is 1. The number of aliphatic hydroxyl groups excluding tert-OH is 1. The number of rotatable bonds is 1. The van der Waals surface area contributed by atoms with Crippen LogP contribution in [0, 0.1) is 13.8 Å². The van der Waals surface area contributed by atoms with E-state index in [0.29, 0.717) is 25.3 Å². The average Bonchev–Trinajstić information content (AvgIpc) is 2.71. The zero-order valence-corrected chi connectivity index (χ0v) is 12.9. The summed E-state index contributed by atoms with van der Waals surface area (Å²) in [6.07, 6.45) is -0.637. The Hall–Kier alpha value is -1.98. The molecule has 0 spiro atoms. The lowest BCUT2D eigenvalue weighted by molar-refractivity contribution is 0.0535. The van der Waals surface area contributed by atoms with Gasteiger partial charge in [0.1, 0.15) is 0 Å². The molecule has 3 rings (SSSR count). The normalized spacial score (nSPS) is 19.2. The minimum absolute atomic E-state index is 0.0781. The lowest BCUT2D eigenvalue weighted by Crippen LogP contribution is -2.37. The zero-order valence-electron chi connectivity index (χ0n) is 12.9. The van der Waals surface area contributed by atoms with E-state index in [2.05, 4.69) is 4.98 Å². The first-order valence-corrected chi connectivity index (χ1v) is 7.48. The van der Waals surface area contributed by atoms with Gasteiger partial charge in [0.2, 0.25) is 0 Å². The first kappa shape index (κ1) is 14.9. The topological polar surface area (TPSA) is 62.7 Å². The van der Waals surface area contributed by atoms with Gasteiger partial charge in [-0.05, 0) is 25.5 Å². The summed E-state index contributed by atoms with van der Waals surface area (Å²) < 4.78 is 5.30. The van der Waals surface area contributed by atoms with Gasteiger partial charge in [0, 0.05) is 24.2 Å². The maximum absolute atomic E-state index is 12.9. The van der Waals surface area contributed by atoms with E-state index in [0.717, 1.165) is 22.2 Å². The summed E-state index contributed by atoms with van der Waals surface area (Å²) in [6, 6.07) is 7.67. The Morgan fingerprint density at radius 3 is 3.05 bits per heavy atom. The van der Waals surface area contributed by atoms with Gasteiger partial charge in [0.05, 0.1) is 30.4 Å². The minimum Gasteiger partial charge on any atom is -0.389 e. The number of nitrogens with zero attached hydrogens (tertiary/aromatic N) is 2. The van der Waals surface area contributed by atoms with Crippen LogP contribution in [0.25, 0.3) is 10.9 Å². The fraction of sp³-hybridized carbons (Fsp3) is 0.412. The monoisotopic (exact) mass is 300 g/mol. The van der Waals surface area contributed by atoms with Crippen LogP contribution in [0.2, 0.25) is 0 Å². The van der Waals surface area contributed by atoms with E-state index in [1.54, 1.807) is 4.90 Å². The number of amides is 1. The highest BCUT2D eigenvalue weighted by molar-refractivity contribution is 6.06. The second-order valence-electron chi connectivity index (χ2n) is 5.76. The number of carbonyl (C=O) groups excluding carboxylic acids is 1. The van der Waals surface area contributed by atoms with E-state index in [-0.39, 0.29) is 12.5 Å².